The van der Waals surface area contributed by atoms with E-state index in [0.717, 1.165) is 5.56 Å². The Bertz CT molecular complexity index is 965. The van der Waals surface area contributed by atoms with Gasteiger partial charge in [0, 0.05) is 10.4 Å². The lowest BCUT2D eigenvalue weighted by molar-refractivity contribution is 0.0292. The fourth-order valence-electron chi connectivity index (χ4n) is 3.25. The van der Waals surface area contributed by atoms with Crippen molar-refractivity contribution in [2.75, 3.05) is 6.61 Å². The minimum absolute atomic E-state index is 0.0365. The fraction of sp³-hybridized carbons (Fsp3) is 0.308. The maximum absolute atomic E-state index is 14.2. The molecule has 0 aliphatic heterocycles. The summed E-state index contributed by atoms with van der Waals surface area (Å²) in [7, 11) is 0. The molecule has 4 heteroatoms. The van der Waals surface area contributed by atoms with Crippen molar-refractivity contribution in [1.82, 2.24) is 0 Å². The first kappa shape index (κ1) is 22.3. The van der Waals surface area contributed by atoms with Crippen LogP contribution >= 0.6 is 11.6 Å². The zero-order valence-corrected chi connectivity index (χ0v) is 18.7. The standard InChI is InChI=1S/C26H28ClFO2/c1-25(2,3)26(4,20-11-13-21(27)14-12-20)18-29-17-19-10-15-23(28)24(16-19)30-22-8-6-5-7-9-22/h5-16H,17-18H2,1-4H3. The Balaban J connectivity index is 1.72. The van der Waals surface area contributed by atoms with Gasteiger partial charge in [0.2, 0.25) is 0 Å². The zero-order chi connectivity index (χ0) is 21.8. The molecule has 158 valence electrons. The monoisotopic (exact) mass is 426 g/mol. The summed E-state index contributed by atoms with van der Waals surface area (Å²) in [5.41, 5.74) is 1.77. The number of hydrogen-bond acceptors (Lipinski definition) is 2. The fourth-order valence-corrected chi connectivity index (χ4v) is 3.38. The van der Waals surface area contributed by atoms with Crippen molar-refractivity contribution >= 4 is 11.6 Å². The summed E-state index contributed by atoms with van der Waals surface area (Å²) in [6.07, 6.45) is 0. The van der Waals surface area contributed by atoms with Crippen LogP contribution in [0, 0.1) is 11.2 Å². The Morgan fingerprint density at radius 3 is 2.17 bits per heavy atom. The van der Waals surface area contributed by atoms with Crippen molar-refractivity contribution in [2.45, 2.75) is 39.7 Å². The number of halogens is 2. The number of rotatable bonds is 7. The number of ether oxygens (including phenoxy) is 2. The van der Waals surface area contributed by atoms with Gasteiger partial charge in [-0.1, -0.05) is 75.7 Å². The van der Waals surface area contributed by atoms with Gasteiger partial charge in [-0.3, -0.25) is 0 Å². The Labute approximate surface area is 183 Å². The number of benzene rings is 3. The van der Waals surface area contributed by atoms with Crippen molar-refractivity contribution in [3.8, 4) is 11.5 Å². The van der Waals surface area contributed by atoms with Crippen molar-refractivity contribution < 1.29 is 13.9 Å². The zero-order valence-electron chi connectivity index (χ0n) is 17.9. The second-order valence-corrected chi connectivity index (χ2v) is 9.20. The van der Waals surface area contributed by atoms with Crippen molar-refractivity contribution in [1.29, 1.82) is 0 Å². The third kappa shape index (κ3) is 5.21. The van der Waals surface area contributed by atoms with E-state index < -0.39 is 5.82 Å². The van der Waals surface area contributed by atoms with Crippen LogP contribution in [0.25, 0.3) is 0 Å². The van der Waals surface area contributed by atoms with Crippen molar-refractivity contribution in [3.63, 3.8) is 0 Å². The Morgan fingerprint density at radius 2 is 1.53 bits per heavy atom. The van der Waals surface area contributed by atoms with E-state index in [9.17, 15) is 4.39 Å². The van der Waals surface area contributed by atoms with Crippen LogP contribution < -0.4 is 4.74 Å². The highest BCUT2D eigenvalue weighted by molar-refractivity contribution is 6.30. The predicted octanol–water partition coefficient (Wildman–Crippen LogP) is 7.79. The smallest absolute Gasteiger partial charge is 0.165 e. The van der Waals surface area contributed by atoms with E-state index in [1.165, 1.54) is 11.6 Å². The first-order valence-corrected chi connectivity index (χ1v) is 10.4. The van der Waals surface area contributed by atoms with Crippen LogP contribution in [0.3, 0.4) is 0 Å². The molecule has 0 spiro atoms. The maximum Gasteiger partial charge on any atom is 0.165 e. The molecule has 0 aliphatic rings. The summed E-state index contributed by atoms with van der Waals surface area (Å²) in [6, 6.07) is 22.0. The first-order valence-electron chi connectivity index (χ1n) is 10.0. The molecule has 0 amide bonds. The van der Waals surface area contributed by atoms with Crippen LogP contribution in [0.1, 0.15) is 38.8 Å². The topological polar surface area (TPSA) is 18.5 Å². The van der Waals surface area contributed by atoms with Gasteiger partial charge in [-0.05, 0) is 52.9 Å². The molecule has 0 radical (unpaired) electrons. The largest absolute Gasteiger partial charge is 0.454 e. The molecular weight excluding hydrogens is 399 g/mol. The minimum Gasteiger partial charge on any atom is -0.454 e. The molecule has 0 fully saturated rings. The van der Waals surface area contributed by atoms with Gasteiger partial charge >= 0.3 is 0 Å². The van der Waals surface area contributed by atoms with Crippen LogP contribution in [0.5, 0.6) is 11.5 Å². The molecule has 0 bridgehead atoms. The Morgan fingerprint density at radius 1 is 0.867 bits per heavy atom. The molecule has 0 aliphatic carbocycles. The van der Waals surface area contributed by atoms with Gasteiger partial charge in [0.25, 0.3) is 0 Å². The van der Waals surface area contributed by atoms with E-state index in [-0.39, 0.29) is 16.6 Å². The van der Waals surface area contributed by atoms with Crippen LogP contribution in [0.2, 0.25) is 5.02 Å². The van der Waals surface area contributed by atoms with Crippen molar-refractivity contribution in [3.05, 3.63) is 94.8 Å². The summed E-state index contributed by atoms with van der Waals surface area (Å²) >= 11 is 6.07. The second kappa shape index (κ2) is 9.20. The molecule has 3 aromatic rings. The first-order chi connectivity index (χ1) is 14.2. The lowest BCUT2D eigenvalue weighted by Crippen LogP contribution is -2.41. The predicted molar refractivity (Wildman–Crippen MR) is 121 cm³/mol. The van der Waals surface area contributed by atoms with Gasteiger partial charge in [-0.25, -0.2) is 4.39 Å². The number of hydrogen-bond donors (Lipinski definition) is 0. The Hall–Kier alpha value is -2.36. The average Bonchev–Trinajstić information content (AvgIpc) is 2.70. The van der Waals surface area contributed by atoms with Gasteiger partial charge in [0.1, 0.15) is 5.75 Å². The molecular formula is C26H28ClFO2. The Kier molecular flexibility index (Phi) is 6.84. The van der Waals surface area contributed by atoms with Crippen LogP contribution in [0.4, 0.5) is 4.39 Å². The van der Waals surface area contributed by atoms with Crippen molar-refractivity contribution in [2.24, 2.45) is 5.41 Å². The van der Waals surface area contributed by atoms with Crippen LogP contribution in [0.15, 0.2) is 72.8 Å². The van der Waals surface area contributed by atoms with Crippen LogP contribution in [-0.4, -0.2) is 6.61 Å². The molecule has 0 saturated heterocycles. The molecule has 1 unspecified atom stereocenters. The highest BCUT2D eigenvalue weighted by Crippen LogP contribution is 2.42. The summed E-state index contributed by atoms with van der Waals surface area (Å²) in [4.78, 5) is 0. The summed E-state index contributed by atoms with van der Waals surface area (Å²) in [6.45, 7) is 9.69. The quantitative estimate of drug-likeness (QED) is 0.383. The third-order valence-electron chi connectivity index (χ3n) is 5.76. The van der Waals surface area contributed by atoms with E-state index in [1.54, 1.807) is 24.3 Å². The molecule has 0 heterocycles. The summed E-state index contributed by atoms with van der Waals surface area (Å²) < 4.78 is 26.0. The number of para-hydroxylation sites is 1. The maximum atomic E-state index is 14.2. The molecule has 2 nitrogen and oxygen atoms in total. The van der Waals surface area contributed by atoms with Gasteiger partial charge in [0.15, 0.2) is 11.6 Å². The van der Waals surface area contributed by atoms with E-state index in [4.69, 9.17) is 21.1 Å². The van der Waals surface area contributed by atoms with Gasteiger partial charge in [-0.15, -0.1) is 0 Å². The van der Waals surface area contributed by atoms with E-state index in [1.807, 2.05) is 30.3 Å². The molecule has 0 N–H and O–H groups in total. The van der Waals surface area contributed by atoms with Gasteiger partial charge in [-0.2, -0.15) is 0 Å². The van der Waals surface area contributed by atoms with E-state index in [0.29, 0.717) is 24.0 Å². The molecule has 30 heavy (non-hydrogen) atoms. The molecule has 3 aromatic carbocycles. The van der Waals surface area contributed by atoms with E-state index in [2.05, 4.69) is 39.8 Å². The summed E-state index contributed by atoms with van der Waals surface area (Å²) in [5, 5.41) is 0.716. The van der Waals surface area contributed by atoms with Gasteiger partial charge < -0.3 is 9.47 Å². The molecule has 1 atom stereocenters. The molecule has 0 saturated carbocycles. The van der Waals surface area contributed by atoms with E-state index >= 15 is 0 Å². The SMILES string of the molecule is CC(C)(C)C(C)(COCc1ccc(F)c(Oc2ccccc2)c1)c1ccc(Cl)cc1. The summed E-state index contributed by atoms with van der Waals surface area (Å²) in [5.74, 6) is 0.388. The highest BCUT2D eigenvalue weighted by Gasteiger charge is 2.39. The van der Waals surface area contributed by atoms with Gasteiger partial charge in [0.05, 0.1) is 13.2 Å². The minimum atomic E-state index is -0.400. The normalized spacial score (nSPS) is 13.7. The molecule has 0 aromatic heterocycles. The second-order valence-electron chi connectivity index (χ2n) is 8.76. The lowest BCUT2D eigenvalue weighted by Gasteiger charge is -2.42. The highest BCUT2D eigenvalue weighted by atomic mass is 35.5. The lowest BCUT2D eigenvalue weighted by atomic mass is 9.64. The average molecular weight is 427 g/mol. The third-order valence-corrected chi connectivity index (χ3v) is 6.01. The molecule has 3 rings (SSSR count). The van der Waals surface area contributed by atoms with Crippen LogP contribution in [-0.2, 0) is 16.8 Å².